The molecule has 0 bridgehead atoms. The number of Topliss-reactive ketones (excluding diaryl/α,β-unsaturated/α-hetero) is 2. The number of carbonyl (C=O) groups is 2. The highest BCUT2D eigenvalue weighted by atomic mass is 32.2. The van der Waals surface area contributed by atoms with E-state index in [4.69, 9.17) is 0 Å². The number of rotatable bonds is 4. The maximum Gasteiger partial charge on any atom is 0.201 e. The van der Waals surface area contributed by atoms with Crippen molar-refractivity contribution in [3.63, 3.8) is 0 Å². The maximum absolute atomic E-state index is 13.7. The zero-order valence-electron chi connectivity index (χ0n) is 18.0. The second kappa shape index (κ2) is 8.64. The number of hydrogen-bond donors (Lipinski definition) is 0. The molecule has 0 spiro atoms. The van der Waals surface area contributed by atoms with E-state index in [9.17, 15) is 9.59 Å². The van der Waals surface area contributed by atoms with Crippen molar-refractivity contribution in [2.45, 2.75) is 9.79 Å². The van der Waals surface area contributed by atoms with Gasteiger partial charge in [0.2, 0.25) is 11.6 Å². The summed E-state index contributed by atoms with van der Waals surface area (Å²) in [5.74, 6) is -0.202. The molecule has 0 amide bonds. The summed E-state index contributed by atoms with van der Waals surface area (Å²) >= 11 is 2.78. The molecule has 0 radical (unpaired) electrons. The Morgan fingerprint density at radius 2 is 0.794 bits per heavy atom. The number of hydrogen-bond acceptors (Lipinski definition) is 4. The third kappa shape index (κ3) is 3.56. The minimum atomic E-state index is -0.101. The number of ketones is 2. The van der Waals surface area contributed by atoms with Crippen LogP contribution in [0, 0.1) is 0 Å². The van der Waals surface area contributed by atoms with Crippen molar-refractivity contribution in [2.75, 3.05) is 0 Å². The van der Waals surface area contributed by atoms with Crippen LogP contribution in [-0.4, -0.2) is 11.6 Å². The van der Waals surface area contributed by atoms with Crippen LogP contribution in [0.4, 0.5) is 0 Å². The fourth-order valence-corrected chi connectivity index (χ4v) is 6.66. The first kappa shape index (κ1) is 21.0. The lowest BCUT2D eigenvalue weighted by Crippen LogP contribution is -2.19. The van der Waals surface area contributed by atoms with Crippen molar-refractivity contribution in [1.29, 1.82) is 0 Å². The Balaban J connectivity index is 1.54. The number of fused-ring (bicyclic) bond motifs is 3. The van der Waals surface area contributed by atoms with E-state index in [2.05, 4.69) is 36.4 Å². The third-order valence-electron chi connectivity index (χ3n) is 5.96. The summed E-state index contributed by atoms with van der Waals surface area (Å²) < 4.78 is 0. The van der Waals surface area contributed by atoms with E-state index in [-0.39, 0.29) is 11.6 Å². The lowest BCUT2D eigenvalue weighted by atomic mass is 9.94. The van der Waals surface area contributed by atoms with E-state index in [0.717, 1.165) is 31.3 Å². The van der Waals surface area contributed by atoms with Crippen LogP contribution in [0.2, 0.25) is 0 Å². The van der Waals surface area contributed by atoms with Gasteiger partial charge in [-0.3, -0.25) is 9.59 Å². The van der Waals surface area contributed by atoms with Crippen LogP contribution in [-0.2, 0) is 0 Å². The van der Waals surface area contributed by atoms with Crippen molar-refractivity contribution in [3.8, 4) is 0 Å². The molecule has 0 aromatic heterocycles. The summed E-state index contributed by atoms with van der Waals surface area (Å²) in [6, 6.07) is 35.5. The van der Waals surface area contributed by atoms with Crippen molar-refractivity contribution in [1.82, 2.24) is 0 Å². The molecule has 1 aliphatic rings. The first-order valence-corrected chi connectivity index (χ1v) is 12.6. The molecule has 0 heterocycles. The molecule has 0 unspecified atom stereocenters. The molecule has 34 heavy (non-hydrogen) atoms. The fraction of sp³-hybridized carbons (Fsp3) is 0. The molecule has 6 rings (SSSR count). The summed E-state index contributed by atoms with van der Waals surface area (Å²) in [4.78, 5) is 30.3. The van der Waals surface area contributed by atoms with Gasteiger partial charge in [-0.1, -0.05) is 121 Å². The van der Waals surface area contributed by atoms with Crippen LogP contribution in [0.1, 0.15) is 20.7 Å². The van der Waals surface area contributed by atoms with Gasteiger partial charge in [0.1, 0.15) is 0 Å². The highest BCUT2D eigenvalue weighted by Crippen LogP contribution is 2.45. The Morgan fingerprint density at radius 3 is 1.26 bits per heavy atom. The number of carbonyl (C=O) groups excluding carboxylic acids is 2. The number of allylic oxidation sites excluding steroid dienone is 2. The monoisotopic (exact) mass is 474 g/mol. The largest absolute Gasteiger partial charge is 0.288 e. The van der Waals surface area contributed by atoms with Crippen LogP contribution < -0.4 is 0 Å². The molecule has 2 nitrogen and oxygen atoms in total. The van der Waals surface area contributed by atoms with Gasteiger partial charge in [-0.05, 0) is 33.7 Å². The molecule has 0 saturated heterocycles. The Labute approximate surface area is 205 Å². The number of benzene rings is 5. The van der Waals surface area contributed by atoms with Crippen molar-refractivity contribution in [2.24, 2.45) is 0 Å². The smallest absolute Gasteiger partial charge is 0.201 e. The van der Waals surface area contributed by atoms with Gasteiger partial charge in [0.15, 0.2) is 0 Å². The zero-order valence-corrected chi connectivity index (χ0v) is 19.7. The summed E-state index contributed by atoms with van der Waals surface area (Å²) in [7, 11) is 0. The standard InChI is InChI=1S/C30H18O2S2/c31-27-23-15-5-6-16-24(23)28(32)30(34-26-18-8-12-20-10-2-4-14-22(20)26)29(27)33-25-17-7-11-19-9-1-3-13-21(19)25/h1-18H. The topological polar surface area (TPSA) is 34.1 Å². The molecule has 0 fully saturated rings. The molecule has 4 heteroatoms. The van der Waals surface area contributed by atoms with Gasteiger partial charge >= 0.3 is 0 Å². The van der Waals surface area contributed by atoms with E-state index in [1.54, 1.807) is 12.1 Å². The van der Waals surface area contributed by atoms with E-state index >= 15 is 0 Å². The van der Waals surface area contributed by atoms with E-state index in [0.29, 0.717) is 20.9 Å². The molecule has 0 N–H and O–H groups in total. The van der Waals surface area contributed by atoms with E-state index < -0.39 is 0 Å². The van der Waals surface area contributed by atoms with Gasteiger partial charge in [0.25, 0.3) is 0 Å². The molecular formula is C30H18O2S2. The van der Waals surface area contributed by atoms with Crippen LogP contribution in [0.3, 0.4) is 0 Å². The summed E-state index contributed by atoms with van der Waals surface area (Å²) in [5, 5.41) is 4.34. The molecule has 0 aliphatic heterocycles. The van der Waals surface area contributed by atoms with Crippen molar-refractivity contribution in [3.05, 3.63) is 130 Å². The Morgan fingerprint density at radius 1 is 0.412 bits per heavy atom. The number of thioether (sulfide) groups is 2. The van der Waals surface area contributed by atoms with Crippen LogP contribution in [0.15, 0.2) is 129 Å². The van der Waals surface area contributed by atoms with Gasteiger partial charge < -0.3 is 0 Å². The first-order chi connectivity index (χ1) is 16.7. The second-order valence-electron chi connectivity index (χ2n) is 8.02. The average Bonchev–Trinajstić information content (AvgIpc) is 2.89. The fourth-order valence-electron chi connectivity index (χ4n) is 4.30. The first-order valence-electron chi connectivity index (χ1n) is 10.9. The minimum absolute atomic E-state index is 0.101. The molecule has 5 aromatic rings. The SMILES string of the molecule is O=C1C(Sc2cccc3ccccc23)=C(Sc2cccc3ccccc23)C(=O)c2ccccc21. The second-order valence-corrected chi connectivity index (χ2v) is 10.1. The molecule has 1 aliphatic carbocycles. The van der Waals surface area contributed by atoms with Crippen LogP contribution >= 0.6 is 23.5 Å². The summed E-state index contributed by atoms with van der Waals surface area (Å²) in [5.41, 5.74) is 0.940. The highest BCUT2D eigenvalue weighted by molar-refractivity contribution is 8.08. The van der Waals surface area contributed by atoms with Crippen LogP contribution in [0.25, 0.3) is 21.5 Å². The van der Waals surface area contributed by atoms with E-state index in [1.807, 2.05) is 60.7 Å². The lowest BCUT2D eigenvalue weighted by molar-refractivity contribution is 0.0988. The van der Waals surface area contributed by atoms with Gasteiger partial charge in [0.05, 0.1) is 9.81 Å². The van der Waals surface area contributed by atoms with Gasteiger partial charge in [-0.25, -0.2) is 0 Å². The molecule has 0 saturated carbocycles. The Bertz CT molecular complexity index is 1520. The van der Waals surface area contributed by atoms with E-state index in [1.165, 1.54) is 23.5 Å². The minimum Gasteiger partial charge on any atom is -0.288 e. The predicted octanol–water partition coefficient (Wildman–Crippen LogP) is 8.17. The van der Waals surface area contributed by atoms with Crippen molar-refractivity contribution >= 4 is 56.6 Å². The summed E-state index contributed by atoms with van der Waals surface area (Å²) in [6.45, 7) is 0. The Kier molecular flexibility index (Phi) is 5.33. The molecule has 5 aromatic carbocycles. The quantitative estimate of drug-likeness (QED) is 0.263. The zero-order chi connectivity index (χ0) is 23.1. The van der Waals surface area contributed by atoms with Gasteiger partial charge in [-0.15, -0.1) is 0 Å². The summed E-state index contributed by atoms with van der Waals surface area (Å²) in [6.07, 6.45) is 0. The predicted molar refractivity (Wildman–Crippen MR) is 142 cm³/mol. The normalized spacial score (nSPS) is 13.5. The molecule has 162 valence electrons. The molecule has 0 atom stereocenters. The van der Waals surface area contributed by atoms with Gasteiger partial charge in [0, 0.05) is 20.9 Å². The maximum atomic E-state index is 13.7. The van der Waals surface area contributed by atoms with Gasteiger partial charge in [-0.2, -0.15) is 0 Å². The lowest BCUT2D eigenvalue weighted by Gasteiger charge is -2.21. The van der Waals surface area contributed by atoms with Crippen LogP contribution in [0.5, 0.6) is 0 Å². The third-order valence-corrected chi connectivity index (χ3v) is 8.43. The Hall–Kier alpha value is -3.60. The average molecular weight is 475 g/mol. The molecular weight excluding hydrogens is 456 g/mol. The highest BCUT2D eigenvalue weighted by Gasteiger charge is 2.33. The van der Waals surface area contributed by atoms with Crippen molar-refractivity contribution < 1.29 is 9.59 Å².